The number of carboxylic acids is 1. The van der Waals surface area contributed by atoms with E-state index in [1.807, 2.05) is 18.2 Å². The smallest absolute Gasteiger partial charge is 0.307 e. The zero-order valence-corrected chi connectivity index (χ0v) is 12.3. The van der Waals surface area contributed by atoms with E-state index in [2.05, 4.69) is 17.9 Å². The molecule has 3 nitrogen and oxygen atoms in total. The van der Waals surface area contributed by atoms with Crippen LogP contribution >= 0.6 is 0 Å². The first kappa shape index (κ1) is 15.0. The van der Waals surface area contributed by atoms with Crippen molar-refractivity contribution >= 4 is 5.97 Å². The Morgan fingerprint density at radius 3 is 2.45 bits per heavy atom. The standard InChI is InChI=1S/C17H25NO2/c1-2-18(16-10-4-3-5-11-16)13-15-9-7-6-8-14(15)12-17(19)20/h6-9,16H,2-5,10-13H2,1H3,(H,19,20). The minimum Gasteiger partial charge on any atom is -0.481 e. The van der Waals surface area contributed by atoms with Gasteiger partial charge in [0.25, 0.3) is 0 Å². The Kier molecular flexibility index (Phi) is 5.60. The number of carbonyl (C=O) groups is 1. The summed E-state index contributed by atoms with van der Waals surface area (Å²) in [5, 5.41) is 9.02. The van der Waals surface area contributed by atoms with Crippen LogP contribution in [0.1, 0.15) is 50.2 Å². The summed E-state index contributed by atoms with van der Waals surface area (Å²) in [6.07, 6.45) is 6.72. The van der Waals surface area contributed by atoms with Crippen LogP contribution in [0.2, 0.25) is 0 Å². The van der Waals surface area contributed by atoms with Crippen LogP contribution in [0.25, 0.3) is 0 Å². The molecule has 0 spiro atoms. The molecule has 0 saturated heterocycles. The Bertz CT molecular complexity index is 438. The van der Waals surface area contributed by atoms with Gasteiger partial charge in [-0.15, -0.1) is 0 Å². The number of aliphatic carboxylic acids is 1. The van der Waals surface area contributed by atoms with Crippen molar-refractivity contribution in [1.29, 1.82) is 0 Å². The van der Waals surface area contributed by atoms with E-state index in [0.29, 0.717) is 6.04 Å². The summed E-state index contributed by atoms with van der Waals surface area (Å²) in [6, 6.07) is 8.63. The Morgan fingerprint density at radius 2 is 1.85 bits per heavy atom. The van der Waals surface area contributed by atoms with Gasteiger partial charge in [0.15, 0.2) is 0 Å². The Hall–Kier alpha value is -1.35. The first-order valence-corrected chi connectivity index (χ1v) is 7.73. The van der Waals surface area contributed by atoms with Gasteiger partial charge in [-0.2, -0.15) is 0 Å². The summed E-state index contributed by atoms with van der Waals surface area (Å²) in [6.45, 7) is 4.12. The number of nitrogens with zero attached hydrogens (tertiary/aromatic N) is 1. The third-order valence-corrected chi connectivity index (χ3v) is 4.33. The van der Waals surface area contributed by atoms with Crippen molar-refractivity contribution in [2.24, 2.45) is 0 Å². The third kappa shape index (κ3) is 4.07. The minimum absolute atomic E-state index is 0.123. The second-order valence-electron chi connectivity index (χ2n) is 5.69. The SMILES string of the molecule is CCN(Cc1ccccc1CC(=O)O)C1CCCCC1. The molecule has 1 aromatic carbocycles. The Balaban J connectivity index is 2.08. The van der Waals surface area contributed by atoms with Crippen LogP contribution in [0.15, 0.2) is 24.3 Å². The molecule has 0 bridgehead atoms. The zero-order chi connectivity index (χ0) is 14.4. The molecule has 0 heterocycles. The first-order chi connectivity index (χ1) is 9.70. The van der Waals surface area contributed by atoms with Crippen LogP contribution in [-0.4, -0.2) is 28.6 Å². The maximum atomic E-state index is 11.0. The van der Waals surface area contributed by atoms with E-state index in [1.165, 1.54) is 37.7 Å². The lowest BCUT2D eigenvalue weighted by Crippen LogP contribution is -2.36. The maximum absolute atomic E-state index is 11.0. The average molecular weight is 275 g/mol. The van der Waals surface area contributed by atoms with Crippen LogP contribution in [0.5, 0.6) is 0 Å². The Labute approximate surface area is 121 Å². The first-order valence-electron chi connectivity index (χ1n) is 7.73. The second-order valence-corrected chi connectivity index (χ2v) is 5.69. The number of hydrogen-bond acceptors (Lipinski definition) is 2. The fourth-order valence-electron chi connectivity index (χ4n) is 3.21. The monoisotopic (exact) mass is 275 g/mol. The maximum Gasteiger partial charge on any atom is 0.307 e. The number of carboxylic acid groups (broad SMARTS) is 1. The van der Waals surface area contributed by atoms with Crippen molar-refractivity contribution in [1.82, 2.24) is 4.90 Å². The van der Waals surface area contributed by atoms with E-state index in [1.54, 1.807) is 0 Å². The molecule has 1 saturated carbocycles. The molecule has 1 N–H and O–H groups in total. The summed E-state index contributed by atoms with van der Waals surface area (Å²) in [7, 11) is 0. The molecule has 1 aliphatic rings. The normalized spacial score (nSPS) is 16.5. The minimum atomic E-state index is -0.752. The lowest BCUT2D eigenvalue weighted by atomic mass is 9.93. The van der Waals surface area contributed by atoms with Crippen LogP contribution < -0.4 is 0 Å². The predicted octanol–water partition coefficient (Wildman–Crippen LogP) is 3.47. The van der Waals surface area contributed by atoms with Gasteiger partial charge in [-0.3, -0.25) is 9.69 Å². The topological polar surface area (TPSA) is 40.5 Å². The van der Waals surface area contributed by atoms with E-state index in [4.69, 9.17) is 5.11 Å². The van der Waals surface area contributed by atoms with Crippen LogP contribution in [0.4, 0.5) is 0 Å². The molecule has 3 heteroatoms. The van der Waals surface area contributed by atoms with E-state index >= 15 is 0 Å². The van der Waals surface area contributed by atoms with Gasteiger partial charge in [-0.1, -0.05) is 50.5 Å². The van der Waals surface area contributed by atoms with Crippen molar-refractivity contribution in [3.63, 3.8) is 0 Å². The fraction of sp³-hybridized carbons (Fsp3) is 0.588. The van der Waals surface area contributed by atoms with Gasteiger partial charge in [-0.05, 0) is 30.5 Å². The van der Waals surface area contributed by atoms with Crippen molar-refractivity contribution in [3.8, 4) is 0 Å². The highest BCUT2D eigenvalue weighted by molar-refractivity contribution is 5.70. The van der Waals surface area contributed by atoms with Gasteiger partial charge in [0.05, 0.1) is 6.42 Å². The summed E-state index contributed by atoms with van der Waals surface area (Å²) in [5.74, 6) is -0.752. The second kappa shape index (κ2) is 7.44. The average Bonchev–Trinajstić information content (AvgIpc) is 2.46. The number of rotatable bonds is 6. The van der Waals surface area contributed by atoms with E-state index < -0.39 is 5.97 Å². The van der Waals surface area contributed by atoms with Gasteiger partial charge in [-0.25, -0.2) is 0 Å². The predicted molar refractivity (Wildman–Crippen MR) is 80.7 cm³/mol. The zero-order valence-electron chi connectivity index (χ0n) is 12.3. The molecule has 0 radical (unpaired) electrons. The van der Waals surface area contributed by atoms with E-state index in [9.17, 15) is 4.79 Å². The molecule has 0 amide bonds. The molecule has 0 aliphatic heterocycles. The van der Waals surface area contributed by atoms with Gasteiger partial charge in [0.2, 0.25) is 0 Å². The van der Waals surface area contributed by atoms with E-state index in [-0.39, 0.29) is 6.42 Å². The highest BCUT2D eigenvalue weighted by Crippen LogP contribution is 2.24. The summed E-state index contributed by atoms with van der Waals surface area (Å²) in [5.41, 5.74) is 2.12. The van der Waals surface area contributed by atoms with E-state index in [0.717, 1.165) is 18.7 Å². The van der Waals surface area contributed by atoms with Crippen molar-refractivity contribution in [2.45, 2.75) is 58.0 Å². The molecular formula is C17H25NO2. The highest BCUT2D eigenvalue weighted by Gasteiger charge is 2.20. The number of benzene rings is 1. The molecule has 0 unspecified atom stereocenters. The van der Waals surface area contributed by atoms with Gasteiger partial charge in [0.1, 0.15) is 0 Å². The van der Waals surface area contributed by atoms with Gasteiger partial charge < -0.3 is 5.11 Å². The molecule has 1 aliphatic carbocycles. The molecule has 0 atom stereocenters. The van der Waals surface area contributed by atoms with Gasteiger partial charge >= 0.3 is 5.97 Å². The third-order valence-electron chi connectivity index (χ3n) is 4.33. The van der Waals surface area contributed by atoms with Crippen molar-refractivity contribution < 1.29 is 9.90 Å². The van der Waals surface area contributed by atoms with Crippen molar-refractivity contribution in [2.75, 3.05) is 6.54 Å². The van der Waals surface area contributed by atoms with Gasteiger partial charge in [0, 0.05) is 12.6 Å². The molecule has 110 valence electrons. The van der Waals surface area contributed by atoms with Crippen LogP contribution in [0, 0.1) is 0 Å². The highest BCUT2D eigenvalue weighted by atomic mass is 16.4. The lowest BCUT2D eigenvalue weighted by molar-refractivity contribution is -0.136. The van der Waals surface area contributed by atoms with Crippen LogP contribution in [0.3, 0.4) is 0 Å². The largest absolute Gasteiger partial charge is 0.481 e. The summed E-state index contributed by atoms with van der Waals surface area (Å²) < 4.78 is 0. The molecule has 1 fully saturated rings. The molecule has 0 aromatic heterocycles. The fourth-order valence-corrected chi connectivity index (χ4v) is 3.21. The van der Waals surface area contributed by atoms with Crippen molar-refractivity contribution in [3.05, 3.63) is 35.4 Å². The quantitative estimate of drug-likeness (QED) is 0.864. The Morgan fingerprint density at radius 1 is 1.20 bits per heavy atom. The molecule has 1 aromatic rings. The molecule has 2 rings (SSSR count). The molecule has 20 heavy (non-hydrogen) atoms. The molecular weight excluding hydrogens is 250 g/mol. The van der Waals surface area contributed by atoms with Crippen LogP contribution in [-0.2, 0) is 17.8 Å². The lowest BCUT2D eigenvalue weighted by Gasteiger charge is -2.34. The summed E-state index contributed by atoms with van der Waals surface area (Å²) in [4.78, 5) is 13.5. The number of hydrogen-bond donors (Lipinski definition) is 1. The summed E-state index contributed by atoms with van der Waals surface area (Å²) >= 11 is 0.